The van der Waals surface area contributed by atoms with Gasteiger partial charge < -0.3 is 14.4 Å². The van der Waals surface area contributed by atoms with E-state index in [0.717, 1.165) is 5.56 Å². The third kappa shape index (κ3) is 2.81. The minimum Gasteiger partial charge on any atom is -0.485 e. The minimum absolute atomic E-state index is 0.0987. The molecule has 5 nitrogen and oxygen atoms in total. The number of halogens is 1. The summed E-state index contributed by atoms with van der Waals surface area (Å²) in [7, 11) is 0. The molecule has 1 aromatic heterocycles. The van der Waals surface area contributed by atoms with Gasteiger partial charge >= 0.3 is 5.97 Å². The van der Waals surface area contributed by atoms with Crippen LogP contribution in [0.15, 0.2) is 28.8 Å². The number of nitrogens with zero attached hydrogens (tertiary/aromatic N) is 1. The summed E-state index contributed by atoms with van der Waals surface area (Å²) in [5.41, 5.74) is 0.786. The summed E-state index contributed by atoms with van der Waals surface area (Å²) in [6.07, 6.45) is 0. The molecule has 1 N–H and O–H groups in total. The topological polar surface area (TPSA) is 72.6 Å². The van der Waals surface area contributed by atoms with Gasteiger partial charge in [0.2, 0.25) is 0 Å². The zero-order valence-corrected chi connectivity index (χ0v) is 10.3. The van der Waals surface area contributed by atoms with Crippen LogP contribution in [0, 0.1) is 6.92 Å². The van der Waals surface area contributed by atoms with E-state index in [9.17, 15) is 4.79 Å². The van der Waals surface area contributed by atoms with E-state index in [1.165, 1.54) is 6.07 Å². The summed E-state index contributed by atoms with van der Waals surface area (Å²) in [4.78, 5) is 10.6. The normalized spacial score (nSPS) is 10.3. The van der Waals surface area contributed by atoms with Crippen molar-refractivity contribution in [2.24, 2.45) is 0 Å². The number of hydrogen-bond donors (Lipinski definition) is 1. The molecule has 0 aliphatic carbocycles. The first-order chi connectivity index (χ1) is 8.56. The molecule has 0 saturated heterocycles. The SMILES string of the molecule is Cc1ccc(Cl)cc1OCc1cc(C(=O)O)no1. The second-order valence-corrected chi connectivity index (χ2v) is 4.12. The number of aromatic carboxylic acids is 1. The predicted molar refractivity (Wildman–Crippen MR) is 64.0 cm³/mol. The van der Waals surface area contributed by atoms with Crippen molar-refractivity contribution in [2.45, 2.75) is 13.5 Å². The Morgan fingerprint density at radius 1 is 1.50 bits per heavy atom. The van der Waals surface area contributed by atoms with Crippen molar-refractivity contribution >= 4 is 17.6 Å². The minimum atomic E-state index is -1.14. The van der Waals surface area contributed by atoms with Gasteiger partial charge in [-0.15, -0.1) is 0 Å². The third-order valence-electron chi connectivity index (χ3n) is 2.30. The highest BCUT2D eigenvalue weighted by Gasteiger charge is 2.11. The van der Waals surface area contributed by atoms with Crippen molar-refractivity contribution < 1.29 is 19.2 Å². The van der Waals surface area contributed by atoms with Gasteiger partial charge in [-0.2, -0.15) is 0 Å². The van der Waals surface area contributed by atoms with Crippen LogP contribution in [0.3, 0.4) is 0 Å². The van der Waals surface area contributed by atoms with Crippen molar-refractivity contribution in [2.75, 3.05) is 0 Å². The Morgan fingerprint density at radius 3 is 2.94 bits per heavy atom. The quantitative estimate of drug-likeness (QED) is 0.922. The van der Waals surface area contributed by atoms with E-state index >= 15 is 0 Å². The van der Waals surface area contributed by atoms with Crippen LogP contribution < -0.4 is 4.74 Å². The number of carboxylic acids is 1. The highest BCUT2D eigenvalue weighted by molar-refractivity contribution is 6.30. The van der Waals surface area contributed by atoms with Crippen LogP contribution >= 0.6 is 11.6 Å². The Morgan fingerprint density at radius 2 is 2.28 bits per heavy atom. The number of ether oxygens (including phenoxy) is 1. The van der Waals surface area contributed by atoms with Crippen molar-refractivity contribution in [1.29, 1.82) is 0 Å². The van der Waals surface area contributed by atoms with Gasteiger partial charge in [0.25, 0.3) is 0 Å². The number of benzene rings is 1. The van der Waals surface area contributed by atoms with Crippen LogP contribution in [0.25, 0.3) is 0 Å². The van der Waals surface area contributed by atoms with Crippen LogP contribution in [-0.4, -0.2) is 16.2 Å². The Balaban J connectivity index is 2.06. The zero-order valence-electron chi connectivity index (χ0n) is 9.51. The van der Waals surface area contributed by atoms with Gasteiger partial charge in [-0.1, -0.05) is 22.8 Å². The molecule has 0 unspecified atom stereocenters. The number of aromatic nitrogens is 1. The summed E-state index contributed by atoms with van der Waals surface area (Å²) in [5.74, 6) is -0.175. The molecular weight excluding hydrogens is 258 g/mol. The van der Waals surface area contributed by atoms with E-state index in [0.29, 0.717) is 16.5 Å². The fraction of sp³-hybridized carbons (Fsp3) is 0.167. The fourth-order valence-electron chi connectivity index (χ4n) is 1.36. The molecule has 2 aromatic rings. The molecule has 0 atom stereocenters. The lowest BCUT2D eigenvalue weighted by molar-refractivity contribution is 0.0685. The Labute approximate surface area is 108 Å². The van der Waals surface area contributed by atoms with Gasteiger partial charge in [-0.25, -0.2) is 4.79 Å². The number of carbonyl (C=O) groups is 1. The van der Waals surface area contributed by atoms with Crippen molar-refractivity contribution in [1.82, 2.24) is 5.16 Å². The molecule has 1 heterocycles. The van der Waals surface area contributed by atoms with E-state index in [1.807, 2.05) is 13.0 Å². The maximum atomic E-state index is 10.6. The first kappa shape index (κ1) is 12.4. The van der Waals surface area contributed by atoms with Crippen LogP contribution in [0.2, 0.25) is 5.02 Å². The van der Waals surface area contributed by atoms with E-state index in [2.05, 4.69) is 5.16 Å². The largest absolute Gasteiger partial charge is 0.485 e. The monoisotopic (exact) mass is 267 g/mol. The molecule has 0 saturated carbocycles. The van der Waals surface area contributed by atoms with E-state index in [4.69, 9.17) is 26.0 Å². The van der Waals surface area contributed by atoms with Gasteiger partial charge in [0, 0.05) is 11.1 Å². The molecule has 6 heteroatoms. The summed E-state index contributed by atoms with van der Waals surface area (Å²) in [5, 5.41) is 12.6. The highest BCUT2D eigenvalue weighted by Crippen LogP contribution is 2.23. The highest BCUT2D eigenvalue weighted by atomic mass is 35.5. The van der Waals surface area contributed by atoms with Gasteiger partial charge in [-0.3, -0.25) is 0 Å². The lowest BCUT2D eigenvalue weighted by Gasteiger charge is -2.07. The van der Waals surface area contributed by atoms with Crippen molar-refractivity contribution in [3.05, 3.63) is 46.3 Å². The maximum Gasteiger partial charge on any atom is 0.358 e. The predicted octanol–water partition coefficient (Wildman–Crippen LogP) is 2.91. The number of aryl methyl sites for hydroxylation is 1. The molecule has 2 rings (SSSR count). The van der Waals surface area contributed by atoms with Crippen molar-refractivity contribution in [3.8, 4) is 5.75 Å². The van der Waals surface area contributed by atoms with Gasteiger partial charge in [0.05, 0.1) is 0 Å². The molecule has 0 amide bonds. The fourth-order valence-corrected chi connectivity index (χ4v) is 1.52. The first-order valence-corrected chi connectivity index (χ1v) is 5.52. The van der Waals surface area contributed by atoms with E-state index in [-0.39, 0.29) is 12.3 Å². The lowest BCUT2D eigenvalue weighted by atomic mass is 10.2. The lowest BCUT2D eigenvalue weighted by Crippen LogP contribution is -1.97. The van der Waals surface area contributed by atoms with Gasteiger partial charge in [0.15, 0.2) is 11.5 Å². The summed E-state index contributed by atoms with van der Waals surface area (Å²) in [6, 6.07) is 6.61. The van der Waals surface area contributed by atoms with E-state index < -0.39 is 5.97 Å². The average molecular weight is 268 g/mol. The number of hydrogen-bond acceptors (Lipinski definition) is 4. The second kappa shape index (κ2) is 5.10. The Bertz CT molecular complexity index is 579. The van der Waals surface area contributed by atoms with Crippen LogP contribution in [0.4, 0.5) is 0 Å². The maximum absolute atomic E-state index is 10.6. The number of rotatable bonds is 4. The zero-order chi connectivity index (χ0) is 13.1. The van der Waals surface area contributed by atoms with Crippen LogP contribution in [0.5, 0.6) is 5.75 Å². The molecule has 0 fully saturated rings. The third-order valence-corrected chi connectivity index (χ3v) is 2.53. The van der Waals surface area contributed by atoms with Crippen LogP contribution in [-0.2, 0) is 6.61 Å². The average Bonchev–Trinajstić information content (AvgIpc) is 2.79. The molecule has 0 bridgehead atoms. The van der Waals surface area contributed by atoms with Crippen molar-refractivity contribution in [3.63, 3.8) is 0 Å². The molecule has 0 spiro atoms. The second-order valence-electron chi connectivity index (χ2n) is 3.68. The summed E-state index contributed by atoms with van der Waals surface area (Å²) in [6.45, 7) is 1.98. The molecule has 94 valence electrons. The Kier molecular flexibility index (Phi) is 3.53. The van der Waals surface area contributed by atoms with Gasteiger partial charge in [0.1, 0.15) is 12.4 Å². The summed E-state index contributed by atoms with van der Waals surface area (Å²) < 4.78 is 10.3. The molecule has 0 radical (unpaired) electrons. The smallest absolute Gasteiger partial charge is 0.358 e. The molecule has 1 aromatic carbocycles. The summed E-state index contributed by atoms with van der Waals surface area (Å²) >= 11 is 5.85. The molecule has 18 heavy (non-hydrogen) atoms. The van der Waals surface area contributed by atoms with E-state index in [1.54, 1.807) is 12.1 Å². The van der Waals surface area contributed by atoms with Crippen LogP contribution in [0.1, 0.15) is 21.8 Å². The molecule has 0 aliphatic rings. The standard InChI is InChI=1S/C12H10ClNO4/c1-7-2-3-8(13)4-11(7)17-6-9-5-10(12(15)16)14-18-9/h2-5H,6H2,1H3,(H,15,16). The number of carboxylic acid groups (broad SMARTS) is 1. The Hall–Kier alpha value is -2.01. The molecular formula is C12H10ClNO4. The van der Waals surface area contributed by atoms with Gasteiger partial charge in [-0.05, 0) is 24.6 Å². The molecule has 0 aliphatic heterocycles. The first-order valence-electron chi connectivity index (χ1n) is 5.14.